The summed E-state index contributed by atoms with van der Waals surface area (Å²) in [5.74, 6) is -1.08. The van der Waals surface area contributed by atoms with Crippen molar-refractivity contribution in [1.82, 2.24) is 4.90 Å². The minimum atomic E-state index is -1.31. The summed E-state index contributed by atoms with van der Waals surface area (Å²) in [6.45, 7) is 4.23. The Morgan fingerprint density at radius 3 is 1.97 bits per heavy atom. The Morgan fingerprint density at radius 2 is 1.52 bits per heavy atom. The van der Waals surface area contributed by atoms with Crippen molar-refractivity contribution in [3.05, 3.63) is 71.3 Å². The quantitative estimate of drug-likeness (QED) is 0.563. The number of benzene rings is 2. The molecule has 1 aliphatic heterocycles. The number of likely N-dealkylation sites (tertiary alicyclic amines) is 1. The largest absolute Gasteiger partial charge is 0.466 e. The van der Waals surface area contributed by atoms with E-state index in [2.05, 4.69) is 4.90 Å². The van der Waals surface area contributed by atoms with Gasteiger partial charge in [0.15, 0.2) is 0 Å². The van der Waals surface area contributed by atoms with Gasteiger partial charge in [-0.1, -0.05) is 24.3 Å². The maximum atomic E-state index is 13.5. The second-order valence-electron chi connectivity index (χ2n) is 7.59. The molecule has 3 rings (SSSR count). The Labute approximate surface area is 170 Å². The van der Waals surface area contributed by atoms with Crippen LogP contribution < -0.4 is 0 Å². The average Bonchev–Trinajstić information content (AvgIpc) is 2.72. The Kier molecular flexibility index (Phi) is 6.98. The molecule has 156 valence electrons. The van der Waals surface area contributed by atoms with Crippen LogP contribution in [0.3, 0.4) is 0 Å². The SMILES string of the molecule is CC(=O)OCCCN1CCC(C(O)(c2ccc(F)cc2)c2ccc(F)cc2)CC1. The summed E-state index contributed by atoms with van der Waals surface area (Å²) in [4.78, 5) is 13.1. The molecule has 1 N–H and O–H groups in total. The normalized spacial score (nSPS) is 16.0. The molecule has 0 amide bonds. The predicted molar refractivity (Wildman–Crippen MR) is 106 cm³/mol. The van der Waals surface area contributed by atoms with Gasteiger partial charge in [0.2, 0.25) is 0 Å². The third-order valence-electron chi connectivity index (χ3n) is 5.67. The molecule has 0 radical (unpaired) electrons. The highest BCUT2D eigenvalue weighted by molar-refractivity contribution is 5.65. The van der Waals surface area contributed by atoms with Crippen molar-refractivity contribution in [3.63, 3.8) is 0 Å². The highest BCUT2D eigenvalue weighted by Gasteiger charge is 2.41. The zero-order chi connectivity index (χ0) is 20.9. The van der Waals surface area contributed by atoms with Crippen LogP contribution in [0.25, 0.3) is 0 Å². The van der Waals surface area contributed by atoms with E-state index in [0.717, 1.165) is 38.9 Å². The summed E-state index contributed by atoms with van der Waals surface area (Å²) in [6, 6.07) is 11.8. The lowest BCUT2D eigenvalue weighted by molar-refractivity contribution is -0.141. The minimum absolute atomic E-state index is 0.0804. The number of halogens is 2. The van der Waals surface area contributed by atoms with Crippen LogP contribution in [0, 0.1) is 17.6 Å². The Morgan fingerprint density at radius 1 is 1.03 bits per heavy atom. The molecule has 0 aliphatic carbocycles. The predicted octanol–water partition coefficient (Wildman–Crippen LogP) is 3.87. The second kappa shape index (κ2) is 9.46. The van der Waals surface area contributed by atoms with Gasteiger partial charge in [0.25, 0.3) is 0 Å². The molecule has 4 nitrogen and oxygen atoms in total. The zero-order valence-corrected chi connectivity index (χ0v) is 16.6. The van der Waals surface area contributed by atoms with Crippen molar-refractivity contribution in [2.45, 2.75) is 31.8 Å². The van der Waals surface area contributed by atoms with Crippen molar-refractivity contribution in [2.75, 3.05) is 26.2 Å². The van der Waals surface area contributed by atoms with E-state index in [0.29, 0.717) is 17.7 Å². The molecule has 1 fully saturated rings. The smallest absolute Gasteiger partial charge is 0.302 e. The zero-order valence-electron chi connectivity index (χ0n) is 16.6. The third kappa shape index (κ3) is 5.19. The number of piperidine rings is 1. The maximum Gasteiger partial charge on any atom is 0.302 e. The van der Waals surface area contributed by atoms with Crippen molar-refractivity contribution >= 4 is 5.97 Å². The first-order chi connectivity index (χ1) is 13.9. The van der Waals surface area contributed by atoms with Gasteiger partial charge < -0.3 is 14.7 Å². The van der Waals surface area contributed by atoms with E-state index in [9.17, 15) is 18.7 Å². The molecule has 1 saturated heterocycles. The van der Waals surface area contributed by atoms with E-state index < -0.39 is 5.60 Å². The minimum Gasteiger partial charge on any atom is -0.466 e. The number of esters is 1. The molecule has 0 spiro atoms. The fraction of sp³-hybridized carbons (Fsp3) is 0.435. The van der Waals surface area contributed by atoms with E-state index in [1.165, 1.54) is 31.2 Å². The van der Waals surface area contributed by atoms with Gasteiger partial charge in [-0.15, -0.1) is 0 Å². The topological polar surface area (TPSA) is 49.8 Å². The summed E-state index contributed by atoms with van der Waals surface area (Å²) in [5.41, 5.74) is -0.0942. The summed E-state index contributed by atoms with van der Waals surface area (Å²) < 4.78 is 31.9. The van der Waals surface area contributed by atoms with Crippen molar-refractivity contribution in [3.8, 4) is 0 Å². The third-order valence-corrected chi connectivity index (χ3v) is 5.67. The fourth-order valence-corrected chi connectivity index (χ4v) is 4.12. The molecule has 1 heterocycles. The van der Waals surface area contributed by atoms with Gasteiger partial charge in [-0.2, -0.15) is 0 Å². The molecule has 0 saturated carbocycles. The molecule has 0 bridgehead atoms. The van der Waals surface area contributed by atoms with Crippen molar-refractivity contribution < 1.29 is 23.4 Å². The number of aliphatic hydroxyl groups is 1. The first kappa shape index (κ1) is 21.4. The van der Waals surface area contributed by atoms with E-state index in [4.69, 9.17) is 4.74 Å². The average molecular weight is 403 g/mol. The molecule has 2 aromatic rings. The lowest BCUT2D eigenvalue weighted by atomic mass is 9.72. The first-order valence-corrected chi connectivity index (χ1v) is 10.00. The van der Waals surface area contributed by atoms with E-state index in [1.54, 1.807) is 24.3 Å². The van der Waals surface area contributed by atoms with Crippen molar-refractivity contribution in [2.24, 2.45) is 5.92 Å². The van der Waals surface area contributed by atoms with Crippen LogP contribution >= 0.6 is 0 Å². The number of hydrogen-bond acceptors (Lipinski definition) is 4. The van der Waals surface area contributed by atoms with E-state index >= 15 is 0 Å². The van der Waals surface area contributed by atoms with Crippen LogP contribution in [0.2, 0.25) is 0 Å². The lowest BCUT2D eigenvalue weighted by Gasteiger charge is -2.42. The molecule has 0 aromatic heterocycles. The number of rotatable bonds is 7. The maximum absolute atomic E-state index is 13.5. The molecule has 0 atom stereocenters. The van der Waals surface area contributed by atoms with Crippen LogP contribution in [0.5, 0.6) is 0 Å². The summed E-state index contributed by atoms with van der Waals surface area (Å²) >= 11 is 0. The molecule has 1 aliphatic rings. The number of carbonyl (C=O) groups excluding carboxylic acids is 1. The molecule has 29 heavy (non-hydrogen) atoms. The second-order valence-corrected chi connectivity index (χ2v) is 7.59. The van der Waals surface area contributed by atoms with Crippen LogP contribution in [0.15, 0.2) is 48.5 Å². The van der Waals surface area contributed by atoms with Crippen LogP contribution in [0.1, 0.15) is 37.3 Å². The molecular weight excluding hydrogens is 376 g/mol. The monoisotopic (exact) mass is 403 g/mol. The Hall–Kier alpha value is -2.31. The van der Waals surface area contributed by atoms with Crippen LogP contribution in [0.4, 0.5) is 8.78 Å². The molecule has 0 unspecified atom stereocenters. The molecule has 6 heteroatoms. The Bertz CT molecular complexity index is 754. The van der Waals surface area contributed by atoms with Crippen LogP contribution in [-0.4, -0.2) is 42.2 Å². The van der Waals surface area contributed by atoms with Gasteiger partial charge in [-0.25, -0.2) is 8.78 Å². The number of nitrogens with zero attached hydrogens (tertiary/aromatic N) is 1. The van der Waals surface area contributed by atoms with Gasteiger partial charge in [0.1, 0.15) is 17.2 Å². The number of ether oxygens (including phenoxy) is 1. The Balaban J connectivity index is 1.73. The number of carbonyl (C=O) groups is 1. The van der Waals surface area contributed by atoms with E-state index in [-0.39, 0.29) is 23.5 Å². The highest BCUT2D eigenvalue weighted by atomic mass is 19.1. The lowest BCUT2D eigenvalue weighted by Crippen LogP contribution is -2.44. The summed E-state index contributed by atoms with van der Waals surface area (Å²) in [6.07, 6.45) is 2.27. The molecule has 2 aromatic carbocycles. The van der Waals surface area contributed by atoms with Gasteiger partial charge in [0, 0.05) is 13.5 Å². The van der Waals surface area contributed by atoms with Gasteiger partial charge in [0.05, 0.1) is 6.61 Å². The first-order valence-electron chi connectivity index (χ1n) is 10.00. The molecular formula is C23H27F2NO3. The summed E-state index contributed by atoms with van der Waals surface area (Å²) in [5, 5.41) is 11.8. The fourth-order valence-electron chi connectivity index (χ4n) is 4.12. The van der Waals surface area contributed by atoms with Gasteiger partial charge in [-0.3, -0.25) is 4.79 Å². The van der Waals surface area contributed by atoms with Gasteiger partial charge >= 0.3 is 5.97 Å². The number of hydrogen-bond donors (Lipinski definition) is 1. The van der Waals surface area contributed by atoms with Crippen LogP contribution in [-0.2, 0) is 15.1 Å². The summed E-state index contributed by atoms with van der Waals surface area (Å²) in [7, 11) is 0. The van der Waals surface area contributed by atoms with Gasteiger partial charge in [-0.05, 0) is 73.7 Å². The standard InChI is InChI=1S/C23H27F2NO3/c1-17(27)29-16-2-13-26-14-11-20(12-15-26)23(28,18-3-7-21(24)8-4-18)19-5-9-22(25)10-6-19/h3-10,20,28H,2,11-16H2,1H3. The highest BCUT2D eigenvalue weighted by Crippen LogP contribution is 2.42. The van der Waals surface area contributed by atoms with E-state index in [1.807, 2.05) is 0 Å². The van der Waals surface area contributed by atoms with Crippen molar-refractivity contribution in [1.29, 1.82) is 0 Å².